The molecule has 1 heterocycles. The van der Waals surface area contributed by atoms with Crippen molar-refractivity contribution in [2.45, 2.75) is 45.1 Å². The molecule has 1 aliphatic rings. The van der Waals surface area contributed by atoms with Crippen molar-refractivity contribution in [1.82, 2.24) is 5.32 Å². The summed E-state index contributed by atoms with van der Waals surface area (Å²) < 4.78 is 4.83. The Balaban J connectivity index is 2.34. The van der Waals surface area contributed by atoms with E-state index in [1.807, 2.05) is 0 Å². The average molecular weight is 199 g/mol. The summed E-state index contributed by atoms with van der Waals surface area (Å²) in [5.74, 6) is -0.170. The van der Waals surface area contributed by atoms with E-state index in [1.54, 1.807) is 6.92 Å². The van der Waals surface area contributed by atoms with E-state index in [1.165, 1.54) is 0 Å². The summed E-state index contributed by atoms with van der Waals surface area (Å²) >= 11 is 0. The zero-order valence-corrected chi connectivity index (χ0v) is 8.54. The molecule has 0 spiro atoms. The Hall–Kier alpha value is -1.06. The number of esters is 1. The minimum absolute atomic E-state index is 0.0240. The van der Waals surface area contributed by atoms with E-state index in [0.717, 1.165) is 19.3 Å². The van der Waals surface area contributed by atoms with Gasteiger partial charge in [0.1, 0.15) is 0 Å². The van der Waals surface area contributed by atoms with E-state index in [9.17, 15) is 9.59 Å². The molecule has 4 nitrogen and oxygen atoms in total. The Morgan fingerprint density at radius 1 is 1.57 bits per heavy atom. The molecule has 1 fully saturated rings. The van der Waals surface area contributed by atoms with Crippen LogP contribution in [0.4, 0.5) is 0 Å². The second-order valence-corrected chi connectivity index (χ2v) is 3.52. The summed E-state index contributed by atoms with van der Waals surface area (Å²) in [7, 11) is 0. The van der Waals surface area contributed by atoms with Crippen LogP contribution in [-0.2, 0) is 14.3 Å². The van der Waals surface area contributed by atoms with Crippen LogP contribution in [0.5, 0.6) is 0 Å². The Morgan fingerprint density at radius 3 is 3.07 bits per heavy atom. The van der Waals surface area contributed by atoms with Crippen LogP contribution >= 0.6 is 0 Å². The molecule has 1 amide bonds. The first-order valence-electron chi connectivity index (χ1n) is 5.17. The molecule has 0 bridgehead atoms. The van der Waals surface area contributed by atoms with Crippen molar-refractivity contribution in [3.8, 4) is 0 Å². The first-order chi connectivity index (χ1) is 6.72. The molecular weight excluding hydrogens is 182 g/mol. The molecule has 0 radical (unpaired) electrons. The van der Waals surface area contributed by atoms with Crippen molar-refractivity contribution in [2.75, 3.05) is 6.61 Å². The predicted octanol–water partition coefficient (Wildman–Crippen LogP) is 0.998. The smallest absolute Gasteiger partial charge is 0.307 e. The van der Waals surface area contributed by atoms with Crippen molar-refractivity contribution in [3.63, 3.8) is 0 Å². The number of hydrogen-bond donors (Lipinski definition) is 1. The quantitative estimate of drug-likeness (QED) is 0.690. The number of rotatable bonds is 3. The van der Waals surface area contributed by atoms with Crippen LogP contribution in [0.15, 0.2) is 0 Å². The minimum Gasteiger partial charge on any atom is -0.466 e. The lowest BCUT2D eigenvalue weighted by molar-refractivity contribution is -0.143. The molecule has 1 saturated heterocycles. The summed E-state index contributed by atoms with van der Waals surface area (Å²) in [6.07, 6.45) is 3.69. The largest absolute Gasteiger partial charge is 0.466 e. The molecule has 0 aromatic heterocycles. The van der Waals surface area contributed by atoms with Crippen LogP contribution < -0.4 is 5.32 Å². The van der Waals surface area contributed by atoms with E-state index >= 15 is 0 Å². The second kappa shape index (κ2) is 5.62. The highest BCUT2D eigenvalue weighted by atomic mass is 16.5. The Bertz CT molecular complexity index is 215. The molecule has 1 aliphatic heterocycles. The molecule has 1 atom stereocenters. The number of hydrogen-bond acceptors (Lipinski definition) is 3. The fourth-order valence-corrected chi connectivity index (χ4v) is 1.62. The van der Waals surface area contributed by atoms with Crippen LogP contribution in [0.1, 0.15) is 39.0 Å². The molecule has 0 saturated carbocycles. The summed E-state index contributed by atoms with van der Waals surface area (Å²) in [5, 5.41) is 2.83. The summed E-state index contributed by atoms with van der Waals surface area (Å²) in [6.45, 7) is 2.18. The van der Waals surface area contributed by atoms with Gasteiger partial charge in [0, 0.05) is 12.5 Å². The standard InChI is InChI=1S/C10H17NO3/c1-2-14-10(13)7-8-5-3-4-6-9(12)11-8/h8H,2-7H2,1H3,(H,11,12)/t8-/m0/s1. The van der Waals surface area contributed by atoms with Gasteiger partial charge in [0.25, 0.3) is 0 Å². The van der Waals surface area contributed by atoms with Gasteiger partial charge in [-0.2, -0.15) is 0 Å². The third kappa shape index (κ3) is 3.77. The molecule has 1 rings (SSSR count). The summed E-state index contributed by atoms with van der Waals surface area (Å²) in [5.41, 5.74) is 0. The highest BCUT2D eigenvalue weighted by Gasteiger charge is 2.19. The number of carbonyl (C=O) groups excluding carboxylic acids is 2. The molecule has 0 aromatic carbocycles. The van der Waals surface area contributed by atoms with Crippen molar-refractivity contribution in [2.24, 2.45) is 0 Å². The van der Waals surface area contributed by atoms with Gasteiger partial charge in [-0.1, -0.05) is 6.42 Å². The second-order valence-electron chi connectivity index (χ2n) is 3.52. The van der Waals surface area contributed by atoms with Gasteiger partial charge in [0.2, 0.25) is 5.91 Å². The fourth-order valence-electron chi connectivity index (χ4n) is 1.62. The Kier molecular flexibility index (Phi) is 4.43. The molecule has 1 N–H and O–H groups in total. The summed E-state index contributed by atoms with van der Waals surface area (Å²) in [6, 6.07) is -0.0240. The third-order valence-electron chi connectivity index (χ3n) is 2.29. The van der Waals surface area contributed by atoms with Crippen molar-refractivity contribution < 1.29 is 14.3 Å². The van der Waals surface area contributed by atoms with Gasteiger partial charge < -0.3 is 10.1 Å². The van der Waals surface area contributed by atoms with E-state index in [2.05, 4.69) is 5.32 Å². The maximum Gasteiger partial charge on any atom is 0.307 e. The molecule has 0 unspecified atom stereocenters. The van der Waals surface area contributed by atoms with E-state index < -0.39 is 0 Å². The Morgan fingerprint density at radius 2 is 2.36 bits per heavy atom. The van der Waals surface area contributed by atoms with Gasteiger partial charge in [-0.05, 0) is 19.8 Å². The monoisotopic (exact) mass is 199 g/mol. The van der Waals surface area contributed by atoms with Crippen molar-refractivity contribution in [1.29, 1.82) is 0 Å². The van der Waals surface area contributed by atoms with Gasteiger partial charge in [-0.25, -0.2) is 0 Å². The molecule has 4 heteroatoms. The molecule has 14 heavy (non-hydrogen) atoms. The van der Waals surface area contributed by atoms with Gasteiger partial charge in [0.15, 0.2) is 0 Å². The lowest BCUT2D eigenvalue weighted by Crippen LogP contribution is -2.34. The fraction of sp³-hybridized carbons (Fsp3) is 0.800. The maximum atomic E-state index is 11.2. The zero-order valence-electron chi connectivity index (χ0n) is 8.54. The topological polar surface area (TPSA) is 55.4 Å². The molecule has 0 aromatic rings. The zero-order chi connectivity index (χ0) is 10.4. The van der Waals surface area contributed by atoms with Crippen LogP contribution in [0.2, 0.25) is 0 Å². The number of carbonyl (C=O) groups is 2. The van der Waals surface area contributed by atoms with Crippen LogP contribution in [0.25, 0.3) is 0 Å². The highest BCUT2D eigenvalue weighted by molar-refractivity contribution is 5.78. The minimum atomic E-state index is -0.222. The van der Waals surface area contributed by atoms with Gasteiger partial charge in [-0.3, -0.25) is 9.59 Å². The van der Waals surface area contributed by atoms with Crippen molar-refractivity contribution >= 4 is 11.9 Å². The van der Waals surface area contributed by atoms with E-state index in [4.69, 9.17) is 4.74 Å². The number of ether oxygens (including phenoxy) is 1. The van der Waals surface area contributed by atoms with Gasteiger partial charge in [-0.15, -0.1) is 0 Å². The van der Waals surface area contributed by atoms with Crippen LogP contribution in [0, 0.1) is 0 Å². The van der Waals surface area contributed by atoms with E-state index in [0.29, 0.717) is 19.4 Å². The van der Waals surface area contributed by atoms with Crippen LogP contribution in [-0.4, -0.2) is 24.5 Å². The van der Waals surface area contributed by atoms with Crippen molar-refractivity contribution in [3.05, 3.63) is 0 Å². The first-order valence-corrected chi connectivity index (χ1v) is 5.17. The molecule has 80 valence electrons. The normalized spacial score (nSPS) is 22.4. The predicted molar refractivity (Wildman–Crippen MR) is 51.6 cm³/mol. The van der Waals surface area contributed by atoms with Gasteiger partial charge >= 0.3 is 5.97 Å². The first kappa shape index (κ1) is 11.0. The molecular formula is C10H17NO3. The molecule has 0 aliphatic carbocycles. The Labute approximate surface area is 84.0 Å². The lowest BCUT2D eigenvalue weighted by Gasteiger charge is -2.14. The van der Waals surface area contributed by atoms with Crippen LogP contribution in [0.3, 0.4) is 0 Å². The SMILES string of the molecule is CCOC(=O)C[C@@H]1CCCCC(=O)N1. The number of amides is 1. The maximum absolute atomic E-state index is 11.2. The third-order valence-corrected chi connectivity index (χ3v) is 2.29. The summed E-state index contributed by atoms with van der Waals surface area (Å²) in [4.78, 5) is 22.3. The van der Waals surface area contributed by atoms with E-state index in [-0.39, 0.29) is 17.9 Å². The van der Waals surface area contributed by atoms with Gasteiger partial charge in [0.05, 0.1) is 13.0 Å². The highest BCUT2D eigenvalue weighted by Crippen LogP contribution is 2.12. The average Bonchev–Trinajstić information content (AvgIpc) is 2.30. The number of nitrogens with one attached hydrogen (secondary N) is 1. The lowest BCUT2D eigenvalue weighted by atomic mass is 10.1.